The molecule has 0 bridgehead atoms. The fraction of sp³-hybridized carbons (Fsp3) is 0.241. The summed E-state index contributed by atoms with van der Waals surface area (Å²) in [5, 5.41) is 13.3. The highest BCUT2D eigenvalue weighted by Crippen LogP contribution is 2.29. The second-order valence-corrected chi connectivity index (χ2v) is 10.3. The molecule has 1 heterocycles. The quantitative estimate of drug-likeness (QED) is 0.244. The highest BCUT2D eigenvalue weighted by atomic mass is 127. The van der Waals surface area contributed by atoms with Crippen LogP contribution in [0.5, 0.6) is 5.75 Å². The summed E-state index contributed by atoms with van der Waals surface area (Å²) in [5.41, 5.74) is 5.97. The number of aromatic nitrogens is 1. The zero-order chi connectivity index (χ0) is 26.0. The first-order chi connectivity index (χ1) is 17.1. The van der Waals surface area contributed by atoms with Crippen molar-refractivity contribution in [2.75, 3.05) is 0 Å². The van der Waals surface area contributed by atoms with Crippen molar-refractivity contribution >= 4 is 45.4 Å². The van der Waals surface area contributed by atoms with Gasteiger partial charge < -0.3 is 19.7 Å². The molecule has 0 fully saturated rings. The zero-order valence-corrected chi connectivity index (χ0v) is 22.9. The maximum atomic E-state index is 13.0. The summed E-state index contributed by atoms with van der Waals surface area (Å²) in [6.45, 7) is 5.57. The molecule has 7 heteroatoms. The van der Waals surface area contributed by atoms with Crippen LogP contribution in [0.2, 0.25) is 0 Å². The number of carbonyl (C=O) groups is 2. The Morgan fingerprint density at radius 3 is 2.53 bits per heavy atom. The third-order valence-electron chi connectivity index (χ3n) is 6.52. The Bertz CT molecular complexity index is 1440. The fourth-order valence-electron chi connectivity index (χ4n) is 4.33. The topological polar surface area (TPSA) is 80.6 Å². The summed E-state index contributed by atoms with van der Waals surface area (Å²) in [6.07, 6.45) is -0.255. The van der Waals surface area contributed by atoms with Gasteiger partial charge in [0, 0.05) is 32.8 Å². The first kappa shape index (κ1) is 25.8. The zero-order valence-electron chi connectivity index (χ0n) is 20.7. The van der Waals surface area contributed by atoms with Gasteiger partial charge in [-0.2, -0.15) is 0 Å². The lowest BCUT2D eigenvalue weighted by Gasteiger charge is -2.15. The van der Waals surface area contributed by atoms with Crippen molar-refractivity contribution in [1.29, 1.82) is 0 Å². The summed E-state index contributed by atoms with van der Waals surface area (Å²) in [5.74, 6) is -0.583. The number of carboxylic acid groups (broad SMARTS) is 1. The van der Waals surface area contributed by atoms with Crippen LogP contribution in [-0.2, 0) is 18.3 Å². The molecular formula is C29H29IN2O4. The molecule has 0 aliphatic rings. The van der Waals surface area contributed by atoms with Crippen LogP contribution in [-0.4, -0.2) is 27.7 Å². The number of nitrogens with zero attached hydrogens (tertiary/aromatic N) is 1. The van der Waals surface area contributed by atoms with Gasteiger partial charge in [-0.05, 0) is 103 Å². The number of hydrogen-bond donors (Lipinski definition) is 2. The summed E-state index contributed by atoms with van der Waals surface area (Å²) in [7, 11) is 2.01. The lowest BCUT2D eigenvalue weighted by atomic mass is 10.0. The van der Waals surface area contributed by atoms with Gasteiger partial charge in [0.25, 0.3) is 5.91 Å². The van der Waals surface area contributed by atoms with E-state index in [4.69, 9.17) is 9.84 Å². The molecule has 36 heavy (non-hydrogen) atoms. The number of ether oxygens (including phenoxy) is 1. The number of rotatable bonds is 8. The van der Waals surface area contributed by atoms with Gasteiger partial charge in [-0.25, -0.2) is 4.79 Å². The van der Waals surface area contributed by atoms with Gasteiger partial charge in [-0.1, -0.05) is 30.3 Å². The van der Waals surface area contributed by atoms with Gasteiger partial charge in [0.2, 0.25) is 0 Å². The second kappa shape index (κ2) is 10.7. The van der Waals surface area contributed by atoms with Gasteiger partial charge in [-0.15, -0.1) is 0 Å². The van der Waals surface area contributed by atoms with Crippen LogP contribution in [0, 0.1) is 10.5 Å². The molecule has 0 saturated heterocycles. The van der Waals surface area contributed by atoms with Crippen LogP contribution in [0.15, 0.2) is 66.7 Å². The first-order valence-electron chi connectivity index (χ1n) is 11.8. The number of carboxylic acids is 1. The number of benzene rings is 3. The highest BCUT2D eigenvalue weighted by Gasteiger charge is 2.18. The third-order valence-corrected chi connectivity index (χ3v) is 7.19. The van der Waals surface area contributed by atoms with Crippen molar-refractivity contribution in [2.45, 2.75) is 39.3 Å². The molecule has 1 unspecified atom stereocenters. The number of amides is 1. The number of fused-ring (bicyclic) bond motifs is 1. The minimum absolute atomic E-state index is 0.105. The van der Waals surface area contributed by atoms with Crippen molar-refractivity contribution < 1.29 is 19.4 Å². The standard InChI is InChI=1S/C29H29IN2O4/c1-17(21-8-6-9-23(30)15-21)31-28(33)22-11-12-25-26(18(2)32(4)27(25)16-22)14-20-7-5-10-24(13-20)36-19(3)29(34)35/h5-13,15-17,19H,14H2,1-4H3,(H,31,33)(H,34,35)/t17-,19?/m0/s1. The Labute approximate surface area is 224 Å². The molecule has 0 saturated carbocycles. The van der Waals surface area contributed by atoms with E-state index < -0.39 is 12.1 Å². The van der Waals surface area contributed by atoms with E-state index in [1.807, 2.05) is 68.6 Å². The Balaban J connectivity index is 1.57. The molecule has 0 aliphatic carbocycles. The average Bonchev–Trinajstić information content (AvgIpc) is 3.08. The molecule has 3 aromatic carbocycles. The van der Waals surface area contributed by atoms with E-state index >= 15 is 0 Å². The van der Waals surface area contributed by atoms with Crippen LogP contribution >= 0.6 is 22.6 Å². The molecule has 6 nitrogen and oxygen atoms in total. The lowest BCUT2D eigenvalue weighted by molar-refractivity contribution is -0.144. The summed E-state index contributed by atoms with van der Waals surface area (Å²) in [6, 6.07) is 21.4. The average molecular weight is 596 g/mol. The van der Waals surface area contributed by atoms with Gasteiger partial charge in [0.1, 0.15) is 5.75 Å². The minimum atomic E-state index is -1.00. The third kappa shape index (κ3) is 5.56. The van der Waals surface area contributed by atoms with Gasteiger partial charge >= 0.3 is 5.97 Å². The highest BCUT2D eigenvalue weighted by molar-refractivity contribution is 14.1. The van der Waals surface area contributed by atoms with Gasteiger partial charge in [-0.3, -0.25) is 4.79 Å². The number of aliphatic carboxylic acids is 1. The number of nitrogens with one attached hydrogen (secondary N) is 1. The Morgan fingerprint density at radius 2 is 1.81 bits per heavy atom. The monoisotopic (exact) mass is 596 g/mol. The van der Waals surface area contributed by atoms with E-state index in [2.05, 4.69) is 45.5 Å². The minimum Gasteiger partial charge on any atom is -0.479 e. The molecule has 186 valence electrons. The van der Waals surface area contributed by atoms with Crippen LogP contribution < -0.4 is 10.1 Å². The van der Waals surface area contributed by atoms with Gasteiger partial charge in [0.05, 0.1) is 6.04 Å². The fourth-order valence-corrected chi connectivity index (χ4v) is 4.90. The van der Waals surface area contributed by atoms with Crippen LogP contribution in [0.25, 0.3) is 10.9 Å². The molecule has 0 aliphatic heterocycles. The van der Waals surface area contributed by atoms with Crippen LogP contribution in [0.3, 0.4) is 0 Å². The molecule has 1 amide bonds. The molecule has 4 aromatic rings. The van der Waals surface area contributed by atoms with Crippen LogP contribution in [0.4, 0.5) is 0 Å². The Morgan fingerprint density at radius 1 is 1.06 bits per heavy atom. The smallest absolute Gasteiger partial charge is 0.344 e. The number of carbonyl (C=O) groups excluding carboxylic acids is 1. The molecule has 1 aromatic heterocycles. The Hall–Kier alpha value is -3.33. The van der Waals surface area contributed by atoms with Crippen LogP contribution in [0.1, 0.15) is 52.6 Å². The lowest BCUT2D eigenvalue weighted by Crippen LogP contribution is -2.26. The van der Waals surface area contributed by atoms with Crippen molar-refractivity contribution in [3.05, 3.63) is 98.2 Å². The summed E-state index contributed by atoms with van der Waals surface area (Å²) in [4.78, 5) is 24.2. The van der Waals surface area contributed by atoms with Crippen molar-refractivity contribution in [2.24, 2.45) is 7.05 Å². The SMILES string of the molecule is Cc1c(Cc2cccc(OC(C)C(=O)O)c2)c2ccc(C(=O)N[C@@H](C)c3cccc(I)c3)cc2n1C. The largest absolute Gasteiger partial charge is 0.479 e. The molecule has 0 radical (unpaired) electrons. The van der Waals surface area contributed by atoms with E-state index in [9.17, 15) is 9.59 Å². The number of halogens is 1. The Kier molecular flexibility index (Phi) is 7.68. The number of aryl methyl sites for hydroxylation is 1. The summed E-state index contributed by atoms with van der Waals surface area (Å²) < 4.78 is 8.78. The normalized spacial score (nSPS) is 12.8. The van der Waals surface area contributed by atoms with Crippen molar-refractivity contribution in [1.82, 2.24) is 9.88 Å². The van der Waals surface area contributed by atoms with E-state index in [-0.39, 0.29) is 11.9 Å². The maximum absolute atomic E-state index is 13.0. The number of hydrogen-bond acceptors (Lipinski definition) is 3. The van der Waals surface area contributed by atoms with E-state index in [1.165, 1.54) is 6.92 Å². The molecule has 4 rings (SSSR count). The molecule has 2 N–H and O–H groups in total. The van der Waals surface area contributed by atoms with Gasteiger partial charge in [0.15, 0.2) is 6.10 Å². The molecule has 0 spiro atoms. The first-order valence-corrected chi connectivity index (χ1v) is 12.8. The second-order valence-electron chi connectivity index (χ2n) is 9.03. The molecule has 2 atom stereocenters. The van der Waals surface area contributed by atoms with Crippen molar-refractivity contribution in [3.8, 4) is 5.75 Å². The summed E-state index contributed by atoms with van der Waals surface area (Å²) >= 11 is 2.27. The van der Waals surface area contributed by atoms with E-state index in [0.717, 1.165) is 36.9 Å². The van der Waals surface area contributed by atoms with E-state index in [0.29, 0.717) is 17.7 Å². The predicted molar refractivity (Wildman–Crippen MR) is 150 cm³/mol. The van der Waals surface area contributed by atoms with E-state index in [1.54, 1.807) is 6.07 Å². The predicted octanol–water partition coefficient (Wildman–Crippen LogP) is 6.03. The van der Waals surface area contributed by atoms with Crippen molar-refractivity contribution in [3.63, 3.8) is 0 Å². The maximum Gasteiger partial charge on any atom is 0.344 e. The molecular weight excluding hydrogens is 567 g/mol.